The fraction of sp³-hybridized carbons (Fsp3) is 0.625. The summed E-state index contributed by atoms with van der Waals surface area (Å²) in [6.07, 6.45) is 4.08. The lowest BCUT2D eigenvalue weighted by atomic mass is 10.1. The summed E-state index contributed by atoms with van der Waals surface area (Å²) < 4.78 is 5.72. The molecule has 0 aliphatic carbocycles. The lowest BCUT2D eigenvalue weighted by Gasteiger charge is -2.28. The minimum absolute atomic E-state index is 0.368. The van der Waals surface area contributed by atoms with Gasteiger partial charge in [0.25, 0.3) is 0 Å². The fourth-order valence-electron chi connectivity index (χ4n) is 2.53. The summed E-state index contributed by atoms with van der Waals surface area (Å²) in [4.78, 5) is 2.39. The summed E-state index contributed by atoms with van der Waals surface area (Å²) in [5.74, 6) is 0. The van der Waals surface area contributed by atoms with Crippen molar-refractivity contribution in [2.24, 2.45) is 0 Å². The highest BCUT2D eigenvalue weighted by molar-refractivity contribution is 5.14. The van der Waals surface area contributed by atoms with Gasteiger partial charge in [-0.2, -0.15) is 0 Å². The Morgan fingerprint density at radius 1 is 1.26 bits per heavy atom. The van der Waals surface area contributed by atoms with Crippen molar-refractivity contribution >= 4 is 0 Å². The van der Waals surface area contributed by atoms with E-state index >= 15 is 0 Å². The Morgan fingerprint density at radius 2 is 2.11 bits per heavy atom. The lowest BCUT2D eigenvalue weighted by Crippen LogP contribution is -2.44. The van der Waals surface area contributed by atoms with Crippen LogP contribution in [-0.2, 0) is 11.2 Å². The number of nitrogens with zero attached hydrogens (tertiary/aromatic N) is 1. The van der Waals surface area contributed by atoms with Crippen LogP contribution in [0.5, 0.6) is 0 Å². The van der Waals surface area contributed by atoms with E-state index in [9.17, 15) is 0 Å². The van der Waals surface area contributed by atoms with Gasteiger partial charge in [0.2, 0.25) is 0 Å². The van der Waals surface area contributed by atoms with Crippen LogP contribution in [0.3, 0.4) is 0 Å². The third-order valence-electron chi connectivity index (χ3n) is 3.62. The average Bonchev–Trinajstić information content (AvgIpc) is 2.46. The smallest absolute Gasteiger partial charge is 0.0826 e. The number of rotatable bonds is 7. The number of likely N-dealkylation sites (N-methyl/N-ethyl adjacent to an activating group) is 1. The first-order chi connectivity index (χ1) is 9.34. The minimum Gasteiger partial charge on any atom is -0.374 e. The number of aryl methyl sites for hydroxylation is 1. The topological polar surface area (TPSA) is 24.5 Å². The van der Waals surface area contributed by atoms with Gasteiger partial charge in [-0.1, -0.05) is 30.3 Å². The second kappa shape index (κ2) is 8.31. The van der Waals surface area contributed by atoms with Crippen molar-refractivity contribution in [1.82, 2.24) is 10.2 Å². The number of unbranched alkanes of at least 4 members (excludes halogenated alkanes) is 1. The second-order valence-corrected chi connectivity index (χ2v) is 5.40. The molecule has 2 rings (SSSR count). The van der Waals surface area contributed by atoms with Gasteiger partial charge in [0, 0.05) is 19.6 Å². The zero-order chi connectivity index (χ0) is 13.3. The maximum atomic E-state index is 5.72. The highest BCUT2D eigenvalue weighted by Crippen LogP contribution is 2.06. The van der Waals surface area contributed by atoms with Crippen LogP contribution in [-0.4, -0.2) is 50.8 Å². The standard InChI is InChI=1S/C16H26N2O/c1-18(14-16-13-17-10-12-19-16)11-6-5-9-15-7-3-2-4-8-15/h2-4,7-8,16-17H,5-6,9-14H2,1H3. The number of benzene rings is 1. The van der Waals surface area contributed by atoms with Crippen LogP contribution >= 0.6 is 0 Å². The number of nitrogens with one attached hydrogen (secondary N) is 1. The Kier molecular flexibility index (Phi) is 6.34. The van der Waals surface area contributed by atoms with E-state index in [4.69, 9.17) is 4.74 Å². The average molecular weight is 262 g/mol. The number of ether oxygens (including phenoxy) is 1. The van der Waals surface area contributed by atoms with E-state index in [2.05, 4.69) is 47.6 Å². The Morgan fingerprint density at radius 3 is 2.84 bits per heavy atom. The third-order valence-corrected chi connectivity index (χ3v) is 3.62. The Bertz CT molecular complexity index is 336. The van der Waals surface area contributed by atoms with Crippen molar-refractivity contribution in [3.63, 3.8) is 0 Å². The van der Waals surface area contributed by atoms with Crippen LogP contribution in [0.2, 0.25) is 0 Å². The van der Waals surface area contributed by atoms with Gasteiger partial charge in [-0.15, -0.1) is 0 Å². The van der Waals surface area contributed by atoms with Crippen LogP contribution in [0.1, 0.15) is 18.4 Å². The molecule has 1 aliphatic rings. The summed E-state index contributed by atoms with van der Waals surface area (Å²) in [5.41, 5.74) is 1.45. The van der Waals surface area contributed by atoms with E-state index < -0.39 is 0 Å². The quantitative estimate of drug-likeness (QED) is 0.760. The molecule has 19 heavy (non-hydrogen) atoms. The van der Waals surface area contributed by atoms with E-state index in [-0.39, 0.29) is 0 Å². The van der Waals surface area contributed by atoms with Gasteiger partial charge in [-0.3, -0.25) is 0 Å². The number of hydrogen-bond acceptors (Lipinski definition) is 3. The molecule has 3 nitrogen and oxygen atoms in total. The van der Waals surface area contributed by atoms with Crippen molar-refractivity contribution in [3.05, 3.63) is 35.9 Å². The monoisotopic (exact) mass is 262 g/mol. The van der Waals surface area contributed by atoms with E-state index in [1.165, 1.54) is 24.8 Å². The lowest BCUT2D eigenvalue weighted by molar-refractivity contribution is 0.00989. The first-order valence-electron chi connectivity index (χ1n) is 7.39. The molecule has 1 unspecified atom stereocenters. The maximum absolute atomic E-state index is 5.72. The molecule has 0 saturated carbocycles. The van der Waals surface area contributed by atoms with Crippen LogP contribution in [0.25, 0.3) is 0 Å². The molecular weight excluding hydrogens is 236 g/mol. The predicted molar refractivity (Wildman–Crippen MR) is 79.5 cm³/mol. The molecule has 106 valence electrons. The van der Waals surface area contributed by atoms with Crippen LogP contribution in [0, 0.1) is 0 Å². The summed E-state index contributed by atoms with van der Waals surface area (Å²) >= 11 is 0. The van der Waals surface area contributed by atoms with E-state index in [0.717, 1.165) is 32.8 Å². The normalized spacial score (nSPS) is 19.8. The largest absolute Gasteiger partial charge is 0.374 e. The molecule has 1 heterocycles. The van der Waals surface area contributed by atoms with Crippen LogP contribution < -0.4 is 5.32 Å². The van der Waals surface area contributed by atoms with Crippen LogP contribution in [0.15, 0.2) is 30.3 Å². The van der Waals surface area contributed by atoms with Gasteiger partial charge in [0.05, 0.1) is 12.7 Å². The van der Waals surface area contributed by atoms with Gasteiger partial charge in [0.15, 0.2) is 0 Å². The van der Waals surface area contributed by atoms with Gasteiger partial charge in [-0.05, 0) is 38.4 Å². The Labute approximate surface area is 116 Å². The molecule has 0 aromatic heterocycles. The molecule has 1 aromatic carbocycles. The fourth-order valence-corrected chi connectivity index (χ4v) is 2.53. The molecule has 1 atom stereocenters. The van der Waals surface area contributed by atoms with Crippen molar-refractivity contribution in [1.29, 1.82) is 0 Å². The molecule has 0 amide bonds. The van der Waals surface area contributed by atoms with E-state index in [1.54, 1.807) is 0 Å². The number of hydrogen-bond donors (Lipinski definition) is 1. The second-order valence-electron chi connectivity index (χ2n) is 5.40. The van der Waals surface area contributed by atoms with Gasteiger partial charge >= 0.3 is 0 Å². The molecule has 0 spiro atoms. The third kappa shape index (κ3) is 5.72. The van der Waals surface area contributed by atoms with Crippen molar-refractivity contribution < 1.29 is 4.74 Å². The molecule has 3 heteroatoms. The van der Waals surface area contributed by atoms with Gasteiger partial charge in [0.1, 0.15) is 0 Å². The van der Waals surface area contributed by atoms with E-state index in [0.29, 0.717) is 6.10 Å². The molecule has 0 bridgehead atoms. The highest BCUT2D eigenvalue weighted by Gasteiger charge is 2.14. The Hall–Kier alpha value is -0.900. The molecule has 1 saturated heterocycles. The first-order valence-corrected chi connectivity index (χ1v) is 7.39. The predicted octanol–water partition coefficient (Wildman–Crippen LogP) is 1.93. The summed E-state index contributed by atoms with van der Waals surface area (Å²) in [6.45, 7) is 5.04. The first kappa shape index (κ1) is 14.5. The summed E-state index contributed by atoms with van der Waals surface area (Å²) in [6, 6.07) is 10.7. The molecule has 1 aromatic rings. The molecular formula is C16H26N2O. The van der Waals surface area contributed by atoms with Gasteiger partial charge in [-0.25, -0.2) is 0 Å². The maximum Gasteiger partial charge on any atom is 0.0826 e. The zero-order valence-corrected chi connectivity index (χ0v) is 12.0. The zero-order valence-electron chi connectivity index (χ0n) is 12.0. The summed E-state index contributed by atoms with van der Waals surface area (Å²) in [7, 11) is 2.19. The number of morpholine rings is 1. The minimum atomic E-state index is 0.368. The van der Waals surface area contributed by atoms with Crippen LogP contribution in [0.4, 0.5) is 0 Å². The molecule has 0 radical (unpaired) electrons. The molecule has 1 fully saturated rings. The summed E-state index contributed by atoms with van der Waals surface area (Å²) in [5, 5.41) is 3.38. The highest BCUT2D eigenvalue weighted by atomic mass is 16.5. The van der Waals surface area contributed by atoms with Crippen molar-refractivity contribution in [2.45, 2.75) is 25.4 Å². The molecule has 1 aliphatic heterocycles. The van der Waals surface area contributed by atoms with E-state index in [1.807, 2.05) is 0 Å². The molecule has 1 N–H and O–H groups in total. The van der Waals surface area contributed by atoms with Crippen molar-refractivity contribution in [2.75, 3.05) is 39.8 Å². The van der Waals surface area contributed by atoms with Crippen molar-refractivity contribution in [3.8, 4) is 0 Å². The Balaban J connectivity index is 1.55. The SMILES string of the molecule is CN(CCCCc1ccccc1)CC1CNCCO1. The van der Waals surface area contributed by atoms with Gasteiger partial charge < -0.3 is 15.0 Å².